The van der Waals surface area contributed by atoms with Gasteiger partial charge in [-0.05, 0) is 54.4 Å². The molecule has 1 aliphatic rings. The number of likely N-dealkylation sites (tertiary alicyclic amines) is 1. The highest BCUT2D eigenvalue weighted by molar-refractivity contribution is 5.71. The zero-order valence-corrected chi connectivity index (χ0v) is 15.5. The molecule has 2 amide bonds. The van der Waals surface area contributed by atoms with Crippen LogP contribution < -0.4 is 10.6 Å². The van der Waals surface area contributed by atoms with E-state index in [0.717, 1.165) is 0 Å². The first-order chi connectivity index (χ1) is 10.9. The van der Waals surface area contributed by atoms with Gasteiger partial charge in [-0.3, -0.25) is 15.5 Å². The van der Waals surface area contributed by atoms with Gasteiger partial charge in [-0.25, -0.2) is 9.59 Å². The summed E-state index contributed by atoms with van der Waals surface area (Å²) in [7, 11) is 0. The number of amides is 2. The molecule has 1 saturated heterocycles. The summed E-state index contributed by atoms with van der Waals surface area (Å²) in [6, 6.07) is 0. The lowest BCUT2D eigenvalue weighted by Crippen LogP contribution is -2.61. The zero-order chi connectivity index (χ0) is 18.5. The number of carbonyl (C=O) groups excluding carboxylic acids is 2. The summed E-state index contributed by atoms with van der Waals surface area (Å²) in [4.78, 5) is 25.9. The maximum absolute atomic E-state index is 12.0. The predicted molar refractivity (Wildman–Crippen MR) is 89.3 cm³/mol. The molecule has 8 nitrogen and oxygen atoms in total. The number of ether oxygens (including phenoxy) is 2. The third-order valence-electron chi connectivity index (χ3n) is 3.17. The molecule has 0 aromatic heterocycles. The first kappa shape index (κ1) is 20.5. The van der Waals surface area contributed by atoms with Crippen LogP contribution in [-0.2, 0) is 9.47 Å². The topological polar surface area (TPSA) is 100 Å². The lowest BCUT2D eigenvalue weighted by Gasteiger charge is -2.37. The number of nitrogens with zero attached hydrogens (tertiary/aromatic N) is 1. The van der Waals surface area contributed by atoms with Crippen molar-refractivity contribution in [2.45, 2.75) is 78.0 Å². The van der Waals surface area contributed by atoms with Gasteiger partial charge >= 0.3 is 12.2 Å². The van der Waals surface area contributed by atoms with Gasteiger partial charge in [0.1, 0.15) is 11.2 Å². The average Bonchev–Trinajstić information content (AvgIpc) is 2.34. The number of carbonyl (C=O) groups is 2. The molecule has 0 spiro atoms. The second-order valence-corrected chi connectivity index (χ2v) is 7.96. The van der Waals surface area contributed by atoms with E-state index >= 15 is 0 Å². The SMILES string of the molecule is CC(C)(C)OC(=O)NC(NC(=O)OC(C)(C)C)N1CCC(O)CC1. The number of aliphatic hydroxyl groups excluding tert-OH is 1. The number of nitrogens with one attached hydrogen (secondary N) is 2. The Morgan fingerprint density at radius 3 is 1.67 bits per heavy atom. The van der Waals surface area contributed by atoms with E-state index in [0.29, 0.717) is 25.9 Å². The molecule has 0 saturated carbocycles. The second-order valence-electron chi connectivity index (χ2n) is 7.96. The average molecular weight is 345 g/mol. The fourth-order valence-corrected chi connectivity index (χ4v) is 2.20. The normalized spacial score (nSPS) is 17.5. The maximum Gasteiger partial charge on any atom is 0.410 e. The Labute approximate surface area is 143 Å². The first-order valence-electron chi connectivity index (χ1n) is 8.27. The van der Waals surface area contributed by atoms with E-state index in [1.165, 1.54) is 0 Å². The molecule has 0 aromatic rings. The third kappa shape index (κ3) is 8.35. The third-order valence-corrected chi connectivity index (χ3v) is 3.17. The van der Waals surface area contributed by atoms with E-state index in [4.69, 9.17) is 9.47 Å². The summed E-state index contributed by atoms with van der Waals surface area (Å²) in [6.07, 6.45) is -1.23. The second kappa shape index (κ2) is 8.02. The highest BCUT2D eigenvalue weighted by Gasteiger charge is 2.29. The summed E-state index contributed by atoms with van der Waals surface area (Å²) >= 11 is 0. The Kier molecular flexibility index (Phi) is 6.86. The van der Waals surface area contributed by atoms with E-state index in [9.17, 15) is 14.7 Å². The van der Waals surface area contributed by atoms with Gasteiger partial charge in [0, 0.05) is 13.1 Å². The van der Waals surface area contributed by atoms with Gasteiger partial charge in [0.2, 0.25) is 0 Å². The van der Waals surface area contributed by atoms with E-state index in [2.05, 4.69) is 10.6 Å². The van der Waals surface area contributed by atoms with Crippen molar-refractivity contribution < 1.29 is 24.2 Å². The van der Waals surface area contributed by atoms with Crippen molar-refractivity contribution in [1.29, 1.82) is 0 Å². The van der Waals surface area contributed by atoms with Crippen molar-refractivity contribution in [2.75, 3.05) is 13.1 Å². The van der Waals surface area contributed by atoms with Crippen LogP contribution in [0.3, 0.4) is 0 Å². The van der Waals surface area contributed by atoms with E-state index < -0.39 is 29.7 Å². The first-order valence-corrected chi connectivity index (χ1v) is 8.27. The smallest absolute Gasteiger partial charge is 0.410 e. The van der Waals surface area contributed by atoms with Crippen LogP contribution >= 0.6 is 0 Å². The Bertz CT molecular complexity index is 404. The van der Waals surface area contributed by atoms with Gasteiger partial charge < -0.3 is 14.6 Å². The zero-order valence-electron chi connectivity index (χ0n) is 15.5. The van der Waals surface area contributed by atoms with Crippen molar-refractivity contribution in [1.82, 2.24) is 15.5 Å². The lowest BCUT2D eigenvalue weighted by atomic mass is 10.1. The summed E-state index contributed by atoms with van der Waals surface area (Å²) in [5, 5.41) is 14.9. The molecule has 3 N–H and O–H groups in total. The number of alkyl carbamates (subject to hydrolysis) is 2. The molecule has 0 unspecified atom stereocenters. The van der Waals surface area contributed by atoms with Crippen LogP contribution in [0.15, 0.2) is 0 Å². The fraction of sp³-hybridized carbons (Fsp3) is 0.875. The number of piperidine rings is 1. The van der Waals surface area contributed by atoms with Crippen LogP contribution in [-0.4, -0.2) is 58.9 Å². The van der Waals surface area contributed by atoms with E-state index in [-0.39, 0.29) is 6.10 Å². The summed E-state index contributed by atoms with van der Waals surface area (Å²) in [5.74, 6) is 0. The van der Waals surface area contributed by atoms with Crippen LogP contribution in [0.5, 0.6) is 0 Å². The van der Waals surface area contributed by atoms with Crippen molar-refractivity contribution in [3.05, 3.63) is 0 Å². The molecule has 0 aromatic carbocycles. The molecule has 1 aliphatic heterocycles. The van der Waals surface area contributed by atoms with Crippen molar-refractivity contribution >= 4 is 12.2 Å². The molecular formula is C16H31N3O5. The van der Waals surface area contributed by atoms with Crippen molar-refractivity contribution in [3.63, 3.8) is 0 Å². The largest absolute Gasteiger partial charge is 0.444 e. The van der Waals surface area contributed by atoms with Crippen LogP contribution in [0.4, 0.5) is 9.59 Å². The van der Waals surface area contributed by atoms with Gasteiger partial charge in [0.05, 0.1) is 6.10 Å². The van der Waals surface area contributed by atoms with Gasteiger partial charge in [0.15, 0.2) is 6.29 Å². The Morgan fingerprint density at radius 2 is 1.33 bits per heavy atom. The Morgan fingerprint density at radius 1 is 0.958 bits per heavy atom. The number of rotatable bonds is 3. The molecule has 1 rings (SSSR count). The highest BCUT2D eigenvalue weighted by atomic mass is 16.6. The minimum absolute atomic E-state index is 0.357. The number of hydrogen-bond acceptors (Lipinski definition) is 6. The minimum Gasteiger partial charge on any atom is -0.444 e. The highest BCUT2D eigenvalue weighted by Crippen LogP contribution is 2.13. The molecule has 0 aliphatic carbocycles. The molecule has 8 heteroatoms. The van der Waals surface area contributed by atoms with Gasteiger partial charge in [-0.2, -0.15) is 0 Å². The van der Waals surface area contributed by atoms with Crippen molar-refractivity contribution in [3.8, 4) is 0 Å². The monoisotopic (exact) mass is 345 g/mol. The standard InChI is InChI=1S/C16H31N3O5/c1-15(2,3)23-13(21)17-12(18-14(22)24-16(4,5)6)19-9-7-11(20)8-10-19/h11-12,20H,7-10H2,1-6H3,(H,17,21)(H,18,22). The van der Waals surface area contributed by atoms with E-state index in [1.54, 1.807) is 41.5 Å². The van der Waals surface area contributed by atoms with Crippen LogP contribution in [0.25, 0.3) is 0 Å². The Hall–Kier alpha value is -1.54. The summed E-state index contributed by atoms with van der Waals surface area (Å²) < 4.78 is 10.5. The molecule has 0 radical (unpaired) electrons. The van der Waals surface area contributed by atoms with Gasteiger partial charge in [-0.1, -0.05) is 0 Å². The Balaban J connectivity index is 2.72. The van der Waals surface area contributed by atoms with E-state index in [1.807, 2.05) is 4.90 Å². The number of aliphatic hydroxyl groups is 1. The summed E-state index contributed by atoms with van der Waals surface area (Å²) in [6.45, 7) is 11.7. The maximum atomic E-state index is 12.0. The molecule has 0 bridgehead atoms. The van der Waals surface area contributed by atoms with Gasteiger partial charge in [0.25, 0.3) is 0 Å². The minimum atomic E-state index is -0.762. The van der Waals surface area contributed by atoms with Gasteiger partial charge in [-0.15, -0.1) is 0 Å². The summed E-state index contributed by atoms with van der Waals surface area (Å²) in [5.41, 5.74) is -1.28. The van der Waals surface area contributed by atoms with Crippen LogP contribution in [0.2, 0.25) is 0 Å². The molecule has 1 heterocycles. The van der Waals surface area contributed by atoms with Crippen LogP contribution in [0.1, 0.15) is 54.4 Å². The van der Waals surface area contributed by atoms with Crippen LogP contribution in [0, 0.1) is 0 Å². The lowest BCUT2D eigenvalue weighted by molar-refractivity contribution is 0.0103. The molecular weight excluding hydrogens is 314 g/mol. The quantitative estimate of drug-likeness (QED) is 0.674. The fourth-order valence-electron chi connectivity index (χ4n) is 2.20. The molecule has 0 atom stereocenters. The van der Waals surface area contributed by atoms with Crippen molar-refractivity contribution in [2.24, 2.45) is 0 Å². The number of hydrogen-bond donors (Lipinski definition) is 3. The molecule has 140 valence electrons. The molecule has 24 heavy (non-hydrogen) atoms. The predicted octanol–water partition coefficient (Wildman–Crippen LogP) is 1.78. The molecule has 1 fully saturated rings.